The van der Waals surface area contributed by atoms with Crippen LogP contribution in [0.1, 0.15) is 123 Å². The molecule has 1 heteroatoms. The van der Waals surface area contributed by atoms with Crippen LogP contribution >= 0.6 is 0 Å². The van der Waals surface area contributed by atoms with E-state index < -0.39 is 14.1 Å². The second kappa shape index (κ2) is 12.8. The molecule has 0 radical (unpaired) electrons. The minimum absolute atomic E-state index is 0.462. The summed E-state index contributed by atoms with van der Waals surface area (Å²) in [6, 6.07) is 0. The van der Waals surface area contributed by atoms with E-state index in [2.05, 4.69) is 104 Å². The topological polar surface area (TPSA) is 0 Å². The molecule has 0 spiro atoms. The zero-order chi connectivity index (χ0) is 24.8. The van der Waals surface area contributed by atoms with Crippen LogP contribution in [0.15, 0.2) is 0 Å². The van der Waals surface area contributed by atoms with Crippen molar-refractivity contribution in [3.05, 3.63) is 0 Å². The van der Waals surface area contributed by atoms with E-state index in [1.54, 1.807) is 0 Å². The fourth-order valence-corrected chi connectivity index (χ4v) is 12.0. The summed E-state index contributed by atoms with van der Waals surface area (Å²) in [5.74, 6) is 4.84. The quantitative estimate of drug-likeness (QED) is 0.221. The van der Waals surface area contributed by atoms with Crippen LogP contribution in [0.25, 0.3) is 0 Å². The maximum atomic E-state index is 2.59. The SMILES string of the molecule is CC(C)CC(C)C(C)(C)[CH2][Cr]([CH2]C(C)(C)C(C)CC(C)C)[CH2]C(C)(C)C(C)CC(C)C. The summed E-state index contributed by atoms with van der Waals surface area (Å²) in [5, 5.41) is 4.49. The van der Waals surface area contributed by atoms with Gasteiger partial charge in [0.1, 0.15) is 0 Å². The van der Waals surface area contributed by atoms with Crippen molar-refractivity contribution in [3.63, 3.8) is 0 Å². The predicted octanol–water partition coefficient (Wildman–Crippen LogP) is 11.0. The molecule has 0 nitrogen and oxygen atoms in total. The van der Waals surface area contributed by atoms with Crippen molar-refractivity contribution in [1.82, 2.24) is 0 Å². The van der Waals surface area contributed by atoms with E-state index in [9.17, 15) is 0 Å². The van der Waals surface area contributed by atoms with E-state index in [4.69, 9.17) is 0 Å². The summed E-state index contributed by atoms with van der Waals surface area (Å²) in [6.07, 6.45) is 4.10. The van der Waals surface area contributed by atoms with E-state index in [1.807, 2.05) is 0 Å². The Morgan fingerprint density at radius 3 is 0.774 bits per heavy atom. The number of hydrogen-bond donors (Lipinski definition) is 0. The summed E-state index contributed by atoms with van der Waals surface area (Å²) in [4.78, 5) is 0. The third kappa shape index (κ3) is 12.0. The van der Waals surface area contributed by atoms with Gasteiger partial charge in [0.2, 0.25) is 0 Å². The Morgan fingerprint density at radius 1 is 0.419 bits per heavy atom. The van der Waals surface area contributed by atoms with E-state index >= 15 is 0 Å². The molecule has 0 aromatic heterocycles. The van der Waals surface area contributed by atoms with E-state index in [0.717, 1.165) is 35.5 Å². The van der Waals surface area contributed by atoms with Crippen molar-refractivity contribution in [1.29, 1.82) is 0 Å². The minimum atomic E-state index is -0.741. The Kier molecular flexibility index (Phi) is 13.1. The van der Waals surface area contributed by atoms with E-state index in [1.165, 1.54) is 35.1 Å². The second-order valence-corrected chi connectivity index (χ2v) is 17.9. The maximum absolute atomic E-state index is 2.59. The molecule has 189 valence electrons. The van der Waals surface area contributed by atoms with Gasteiger partial charge in [0.25, 0.3) is 0 Å². The fourth-order valence-electron chi connectivity index (χ4n) is 5.24. The molecule has 0 bridgehead atoms. The molecule has 3 unspecified atom stereocenters. The van der Waals surface area contributed by atoms with Gasteiger partial charge in [-0.3, -0.25) is 0 Å². The molecule has 3 atom stereocenters. The van der Waals surface area contributed by atoms with Gasteiger partial charge in [-0.1, -0.05) is 0 Å². The molecule has 0 saturated heterocycles. The van der Waals surface area contributed by atoms with Gasteiger partial charge in [0, 0.05) is 0 Å². The molecular weight excluding hydrogens is 412 g/mol. The molecule has 0 saturated carbocycles. The molecular formula is C30H63Cr. The zero-order valence-electron chi connectivity index (χ0n) is 24.6. The number of hydrogen-bond acceptors (Lipinski definition) is 0. The first kappa shape index (κ1) is 31.5. The average Bonchev–Trinajstić information content (AvgIpc) is 2.51. The molecule has 0 aromatic carbocycles. The first-order valence-electron chi connectivity index (χ1n) is 13.4. The monoisotopic (exact) mass is 475 g/mol. The first-order chi connectivity index (χ1) is 13.8. The fraction of sp³-hybridized carbons (Fsp3) is 1.00. The molecule has 0 fully saturated rings. The normalized spacial score (nSPS) is 17.1. The van der Waals surface area contributed by atoms with Gasteiger partial charge in [0.15, 0.2) is 0 Å². The van der Waals surface area contributed by atoms with Crippen molar-refractivity contribution < 1.29 is 14.1 Å². The van der Waals surface area contributed by atoms with Crippen LogP contribution in [0.2, 0.25) is 15.8 Å². The van der Waals surface area contributed by atoms with Gasteiger partial charge in [0.05, 0.1) is 0 Å². The van der Waals surface area contributed by atoms with Gasteiger partial charge < -0.3 is 0 Å². The van der Waals surface area contributed by atoms with Crippen LogP contribution in [0.4, 0.5) is 0 Å². The van der Waals surface area contributed by atoms with Gasteiger partial charge in [-0.25, -0.2) is 0 Å². The Hall–Kier alpha value is 0.532. The first-order valence-corrected chi connectivity index (χ1v) is 16.1. The van der Waals surface area contributed by atoms with Crippen LogP contribution in [-0.2, 0) is 14.1 Å². The summed E-state index contributed by atoms with van der Waals surface area (Å²) in [7, 11) is 0. The van der Waals surface area contributed by atoms with Crippen molar-refractivity contribution in [2.75, 3.05) is 0 Å². The van der Waals surface area contributed by atoms with Crippen LogP contribution in [0, 0.1) is 51.8 Å². The third-order valence-corrected chi connectivity index (χ3v) is 13.6. The van der Waals surface area contributed by atoms with Crippen molar-refractivity contribution in [2.24, 2.45) is 51.8 Å². The summed E-state index contributed by atoms with van der Waals surface area (Å²) >= 11 is -0.741. The third-order valence-electron chi connectivity index (χ3n) is 8.21. The Bertz CT molecular complexity index is 411. The summed E-state index contributed by atoms with van der Waals surface area (Å²) < 4.78 is 0. The van der Waals surface area contributed by atoms with E-state index in [-0.39, 0.29) is 0 Å². The van der Waals surface area contributed by atoms with Crippen molar-refractivity contribution >= 4 is 0 Å². The van der Waals surface area contributed by atoms with Crippen molar-refractivity contribution in [3.8, 4) is 0 Å². The van der Waals surface area contributed by atoms with E-state index in [0.29, 0.717) is 16.2 Å². The molecule has 31 heavy (non-hydrogen) atoms. The molecule has 0 rings (SSSR count). The standard InChI is InChI=1S/3C10H21.Cr/c3*1-8(2)7-9(3)10(4,5)6;/h3*8-9H,4,7H2,1-3,5-6H3;. The van der Waals surface area contributed by atoms with Gasteiger partial charge in [-0.05, 0) is 0 Å². The molecule has 0 heterocycles. The molecule has 0 aliphatic carbocycles. The Labute approximate surface area is 204 Å². The summed E-state index contributed by atoms with van der Waals surface area (Å²) in [6.45, 7) is 37.5. The van der Waals surface area contributed by atoms with Crippen LogP contribution in [0.3, 0.4) is 0 Å². The average molecular weight is 476 g/mol. The van der Waals surface area contributed by atoms with Gasteiger partial charge in [-0.2, -0.15) is 0 Å². The Morgan fingerprint density at radius 2 is 0.613 bits per heavy atom. The Balaban J connectivity index is 5.70. The second-order valence-electron chi connectivity index (χ2n) is 14.6. The van der Waals surface area contributed by atoms with Crippen LogP contribution < -0.4 is 0 Å². The summed E-state index contributed by atoms with van der Waals surface area (Å²) in [5.41, 5.74) is 1.39. The molecule has 0 N–H and O–H groups in total. The molecule has 0 aliphatic heterocycles. The van der Waals surface area contributed by atoms with Crippen LogP contribution in [-0.4, -0.2) is 0 Å². The van der Waals surface area contributed by atoms with Gasteiger partial charge >= 0.3 is 205 Å². The molecule has 0 amide bonds. The zero-order valence-corrected chi connectivity index (χ0v) is 25.9. The van der Waals surface area contributed by atoms with Crippen molar-refractivity contribution in [2.45, 2.75) is 139 Å². The predicted molar refractivity (Wildman–Crippen MR) is 142 cm³/mol. The van der Waals surface area contributed by atoms with Crippen LogP contribution in [0.5, 0.6) is 0 Å². The molecule has 0 aromatic rings. The van der Waals surface area contributed by atoms with Gasteiger partial charge in [-0.15, -0.1) is 0 Å². The molecule has 0 aliphatic rings. The number of rotatable bonds is 15.